The molecule has 2 amide bonds. The second-order valence-electron chi connectivity index (χ2n) is 2.89. The summed E-state index contributed by atoms with van der Waals surface area (Å²) in [5.74, 6) is 0. The molecular formula is C10H10ClNO3. The fourth-order valence-corrected chi connectivity index (χ4v) is 1.23. The van der Waals surface area contributed by atoms with Crippen LogP contribution in [0.3, 0.4) is 0 Å². The number of amides is 2. The Morgan fingerprint density at radius 3 is 2.20 bits per heavy atom. The molecule has 4 nitrogen and oxygen atoms in total. The van der Waals surface area contributed by atoms with Crippen LogP contribution in [0.4, 0.5) is 15.3 Å². The number of anilines is 1. The SMILES string of the molecule is COC(=O)N(C(=O)Cl)c1ccc(C)cc1. The summed E-state index contributed by atoms with van der Waals surface area (Å²) in [5.41, 5.74) is 1.40. The smallest absolute Gasteiger partial charge is 0.421 e. The molecule has 0 fully saturated rings. The molecule has 0 radical (unpaired) electrons. The third kappa shape index (κ3) is 2.70. The van der Waals surface area contributed by atoms with Crippen molar-refractivity contribution in [2.45, 2.75) is 6.92 Å². The zero-order chi connectivity index (χ0) is 11.4. The van der Waals surface area contributed by atoms with E-state index in [2.05, 4.69) is 4.74 Å². The van der Waals surface area contributed by atoms with Crippen LogP contribution in [0, 0.1) is 6.92 Å². The van der Waals surface area contributed by atoms with Gasteiger partial charge in [-0.2, -0.15) is 0 Å². The molecule has 0 atom stereocenters. The summed E-state index contributed by atoms with van der Waals surface area (Å²) >= 11 is 5.28. The summed E-state index contributed by atoms with van der Waals surface area (Å²) in [7, 11) is 1.18. The summed E-state index contributed by atoms with van der Waals surface area (Å²) in [4.78, 5) is 23.0. The van der Waals surface area contributed by atoms with E-state index in [1.807, 2.05) is 6.92 Å². The first-order valence-corrected chi connectivity index (χ1v) is 4.58. The number of rotatable bonds is 1. The van der Waals surface area contributed by atoms with Crippen molar-refractivity contribution in [3.63, 3.8) is 0 Å². The summed E-state index contributed by atoms with van der Waals surface area (Å²) in [6.07, 6.45) is -0.807. The lowest BCUT2D eigenvalue weighted by atomic mass is 10.2. The van der Waals surface area contributed by atoms with E-state index in [0.717, 1.165) is 10.5 Å². The first kappa shape index (κ1) is 11.5. The van der Waals surface area contributed by atoms with Crippen molar-refractivity contribution >= 4 is 28.7 Å². The van der Waals surface area contributed by atoms with E-state index < -0.39 is 11.5 Å². The second-order valence-corrected chi connectivity index (χ2v) is 3.22. The van der Waals surface area contributed by atoms with E-state index in [-0.39, 0.29) is 0 Å². The molecule has 1 aromatic rings. The van der Waals surface area contributed by atoms with E-state index >= 15 is 0 Å². The summed E-state index contributed by atoms with van der Waals surface area (Å²) in [6, 6.07) is 6.77. The Morgan fingerprint density at radius 1 is 1.27 bits per heavy atom. The maximum atomic E-state index is 11.2. The molecule has 0 aromatic heterocycles. The summed E-state index contributed by atoms with van der Waals surface area (Å²) in [5, 5.41) is -0.897. The second kappa shape index (κ2) is 4.79. The Morgan fingerprint density at radius 2 is 1.80 bits per heavy atom. The minimum absolute atomic E-state index is 0.382. The van der Waals surface area contributed by atoms with Gasteiger partial charge in [-0.1, -0.05) is 17.7 Å². The molecular weight excluding hydrogens is 218 g/mol. The highest BCUT2D eigenvalue weighted by molar-refractivity contribution is 6.68. The highest BCUT2D eigenvalue weighted by Crippen LogP contribution is 2.17. The minimum Gasteiger partial charge on any atom is -0.452 e. The average Bonchev–Trinajstić information content (AvgIpc) is 2.20. The summed E-state index contributed by atoms with van der Waals surface area (Å²) < 4.78 is 4.44. The lowest BCUT2D eigenvalue weighted by Gasteiger charge is -2.15. The lowest BCUT2D eigenvalue weighted by Crippen LogP contribution is -2.32. The fourth-order valence-electron chi connectivity index (χ4n) is 1.06. The van der Waals surface area contributed by atoms with Crippen LogP contribution in [0.1, 0.15) is 5.56 Å². The van der Waals surface area contributed by atoms with Crippen molar-refractivity contribution in [2.75, 3.05) is 12.0 Å². The van der Waals surface area contributed by atoms with Gasteiger partial charge in [0.1, 0.15) is 0 Å². The molecule has 80 valence electrons. The van der Waals surface area contributed by atoms with E-state index in [1.54, 1.807) is 24.3 Å². The molecule has 1 rings (SSSR count). The number of aryl methyl sites for hydroxylation is 1. The topological polar surface area (TPSA) is 46.6 Å². The number of imide groups is 1. The molecule has 0 heterocycles. The largest absolute Gasteiger partial charge is 0.452 e. The molecule has 0 bridgehead atoms. The van der Waals surface area contributed by atoms with E-state index in [4.69, 9.17) is 11.6 Å². The Kier molecular flexibility index (Phi) is 3.68. The van der Waals surface area contributed by atoms with Gasteiger partial charge in [0.25, 0.3) is 0 Å². The third-order valence-electron chi connectivity index (χ3n) is 1.83. The van der Waals surface area contributed by atoms with Crippen LogP contribution in [0.5, 0.6) is 0 Å². The first-order valence-electron chi connectivity index (χ1n) is 4.20. The van der Waals surface area contributed by atoms with Gasteiger partial charge in [-0.15, -0.1) is 0 Å². The molecule has 0 unspecified atom stereocenters. The van der Waals surface area contributed by atoms with Gasteiger partial charge in [0.15, 0.2) is 0 Å². The molecule has 0 aliphatic carbocycles. The number of benzene rings is 1. The predicted molar refractivity (Wildman–Crippen MR) is 57.3 cm³/mol. The molecule has 0 saturated carbocycles. The van der Waals surface area contributed by atoms with Gasteiger partial charge in [-0.25, -0.2) is 9.69 Å². The number of ether oxygens (including phenoxy) is 1. The standard InChI is InChI=1S/C10H10ClNO3/c1-7-3-5-8(6-4-7)12(9(11)13)10(14)15-2/h3-6H,1-2H3. The monoisotopic (exact) mass is 227 g/mol. The minimum atomic E-state index is -0.897. The van der Waals surface area contributed by atoms with Crippen LogP contribution >= 0.6 is 11.6 Å². The van der Waals surface area contributed by atoms with E-state index in [1.165, 1.54) is 7.11 Å². The molecule has 0 spiro atoms. The molecule has 15 heavy (non-hydrogen) atoms. The van der Waals surface area contributed by atoms with Crippen LogP contribution in [0.25, 0.3) is 0 Å². The van der Waals surface area contributed by atoms with Crippen molar-refractivity contribution in [1.29, 1.82) is 0 Å². The van der Waals surface area contributed by atoms with Gasteiger partial charge >= 0.3 is 11.5 Å². The van der Waals surface area contributed by atoms with Crippen LogP contribution in [0.2, 0.25) is 0 Å². The molecule has 5 heteroatoms. The fraction of sp³-hybridized carbons (Fsp3) is 0.200. The van der Waals surface area contributed by atoms with Crippen molar-refractivity contribution in [3.8, 4) is 0 Å². The maximum Gasteiger partial charge on any atom is 0.421 e. The number of hydrogen-bond acceptors (Lipinski definition) is 3. The number of hydrogen-bond donors (Lipinski definition) is 0. The first-order chi connectivity index (χ1) is 7.06. The Hall–Kier alpha value is -1.55. The normalized spacial score (nSPS) is 9.53. The van der Waals surface area contributed by atoms with Crippen LogP contribution in [-0.2, 0) is 4.74 Å². The van der Waals surface area contributed by atoms with Gasteiger partial charge in [0, 0.05) is 0 Å². The lowest BCUT2D eigenvalue weighted by molar-refractivity contribution is 0.180. The molecule has 0 aliphatic rings. The quantitative estimate of drug-likeness (QED) is 0.547. The number of carbonyl (C=O) groups excluding carboxylic acids is 2. The van der Waals surface area contributed by atoms with Gasteiger partial charge in [-0.05, 0) is 30.7 Å². The van der Waals surface area contributed by atoms with Gasteiger partial charge < -0.3 is 4.74 Å². The Balaban J connectivity index is 3.04. The Labute approximate surface area is 92.4 Å². The maximum absolute atomic E-state index is 11.2. The average molecular weight is 228 g/mol. The van der Waals surface area contributed by atoms with Crippen molar-refractivity contribution in [3.05, 3.63) is 29.8 Å². The molecule has 0 saturated heterocycles. The van der Waals surface area contributed by atoms with Crippen molar-refractivity contribution < 1.29 is 14.3 Å². The van der Waals surface area contributed by atoms with Gasteiger partial charge in [0.05, 0.1) is 12.8 Å². The van der Waals surface area contributed by atoms with E-state index in [9.17, 15) is 9.59 Å². The number of nitrogens with zero attached hydrogens (tertiary/aromatic N) is 1. The molecule has 1 aromatic carbocycles. The highest BCUT2D eigenvalue weighted by atomic mass is 35.5. The van der Waals surface area contributed by atoms with Gasteiger partial charge in [0.2, 0.25) is 0 Å². The molecule has 0 N–H and O–H groups in total. The number of carbonyl (C=O) groups is 2. The zero-order valence-electron chi connectivity index (χ0n) is 8.36. The van der Waals surface area contributed by atoms with Crippen LogP contribution in [-0.4, -0.2) is 18.6 Å². The van der Waals surface area contributed by atoms with Crippen molar-refractivity contribution in [1.82, 2.24) is 0 Å². The van der Waals surface area contributed by atoms with Crippen LogP contribution < -0.4 is 4.90 Å². The zero-order valence-corrected chi connectivity index (χ0v) is 9.12. The molecule has 0 aliphatic heterocycles. The van der Waals surface area contributed by atoms with Crippen LogP contribution in [0.15, 0.2) is 24.3 Å². The van der Waals surface area contributed by atoms with E-state index in [0.29, 0.717) is 5.69 Å². The highest BCUT2D eigenvalue weighted by Gasteiger charge is 2.22. The van der Waals surface area contributed by atoms with Gasteiger partial charge in [-0.3, -0.25) is 4.79 Å². The Bertz CT molecular complexity index is 375. The van der Waals surface area contributed by atoms with Crippen molar-refractivity contribution in [2.24, 2.45) is 0 Å². The number of methoxy groups -OCH3 is 1. The third-order valence-corrected chi connectivity index (χ3v) is 1.99. The predicted octanol–water partition coefficient (Wildman–Crippen LogP) is 2.93. The number of halogens is 1. The summed E-state index contributed by atoms with van der Waals surface area (Å²) in [6.45, 7) is 1.90.